The van der Waals surface area contributed by atoms with Crippen molar-refractivity contribution in [2.75, 3.05) is 7.11 Å². The predicted molar refractivity (Wildman–Crippen MR) is 110 cm³/mol. The highest BCUT2D eigenvalue weighted by molar-refractivity contribution is 6.01. The number of hydrogen-bond acceptors (Lipinski definition) is 4. The van der Waals surface area contributed by atoms with E-state index in [4.69, 9.17) is 4.74 Å². The Morgan fingerprint density at radius 3 is 2.34 bits per heavy atom. The number of Topliss-reactive ketones (excluding diaryl/α,β-unsaturated/α-hetero) is 1. The van der Waals surface area contributed by atoms with Crippen LogP contribution in [0, 0.1) is 16.7 Å². The van der Waals surface area contributed by atoms with Crippen molar-refractivity contribution in [3.05, 3.63) is 77.9 Å². The summed E-state index contributed by atoms with van der Waals surface area (Å²) in [6.07, 6.45) is -0.0813. The van der Waals surface area contributed by atoms with Crippen LogP contribution in [0.5, 0.6) is 5.75 Å². The lowest BCUT2D eigenvalue weighted by atomic mass is 9.71. The molecule has 29 heavy (non-hydrogen) atoms. The monoisotopic (exact) mass is 387 g/mol. The van der Waals surface area contributed by atoms with Crippen LogP contribution in [0.3, 0.4) is 0 Å². The summed E-state index contributed by atoms with van der Waals surface area (Å²) in [7, 11) is 1.59. The van der Waals surface area contributed by atoms with Gasteiger partial charge < -0.3 is 9.84 Å². The van der Waals surface area contributed by atoms with Gasteiger partial charge in [0.15, 0.2) is 11.2 Å². The van der Waals surface area contributed by atoms with Crippen molar-refractivity contribution in [2.24, 2.45) is 5.41 Å². The summed E-state index contributed by atoms with van der Waals surface area (Å²) in [6.45, 7) is 1.37. The molecule has 0 radical (unpaired) electrons. The normalized spacial score (nSPS) is 13.8. The number of carboxylic acids is 1. The Morgan fingerprint density at radius 1 is 1.07 bits per heavy atom. The highest BCUT2D eigenvalue weighted by Crippen LogP contribution is 2.39. The second-order valence-corrected chi connectivity index (χ2v) is 7.14. The van der Waals surface area contributed by atoms with Gasteiger partial charge in [0.1, 0.15) is 5.75 Å². The Bertz CT molecular complexity index is 1100. The number of carbonyl (C=O) groups excluding carboxylic acids is 1. The largest absolute Gasteiger partial charge is 0.497 e. The van der Waals surface area contributed by atoms with E-state index >= 15 is 0 Å². The van der Waals surface area contributed by atoms with E-state index in [9.17, 15) is 20.0 Å². The molecule has 146 valence electrons. The molecule has 5 nitrogen and oxygen atoms in total. The molecule has 2 atom stereocenters. The van der Waals surface area contributed by atoms with Gasteiger partial charge in [-0.1, -0.05) is 48.5 Å². The maximum Gasteiger partial charge on any atom is 0.324 e. The van der Waals surface area contributed by atoms with Crippen LogP contribution in [0.25, 0.3) is 10.8 Å². The molecule has 0 aromatic heterocycles. The van der Waals surface area contributed by atoms with E-state index in [1.165, 1.54) is 6.92 Å². The maximum atomic E-state index is 13.1. The Hall–Kier alpha value is -3.65. The number of aliphatic carboxylic acids is 1. The molecule has 3 rings (SSSR count). The van der Waals surface area contributed by atoms with Crippen LogP contribution in [0.15, 0.2) is 66.7 Å². The first-order chi connectivity index (χ1) is 13.9. The molecule has 0 aliphatic carbocycles. The molecule has 0 saturated carbocycles. The van der Waals surface area contributed by atoms with E-state index in [0.717, 1.165) is 16.5 Å². The molecular formula is C24H21NO4. The molecule has 3 aromatic carbocycles. The third-order valence-corrected chi connectivity index (χ3v) is 5.33. The zero-order chi connectivity index (χ0) is 21.0. The number of rotatable bonds is 7. The topological polar surface area (TPSA) is 87.4 Å². The van der Waals surface area contributed by atoms with Crippen molar-refractivity contribution in [3.8, 4) is 11.8 Å². The molecule has 0 saturated heterocycles. The first-order valence-electron chi connectivity index (χ1n) is 9.19. The van der Waals surface area contributed by atoms with Crippen molar-refractivity contribution in [2.45, 2.75) is 19.3 Å². The summed E-state index contributed by atoms with van der Waals surface area (Å²) < 4.78 is 5.22. The van der Waals surface area contributed by atoms with Gasteiger partial charge in [-0.05, 0) is 41.5 Å². The lowest BCUT2D eigenvalue weighted by Gasteiger charge is -2.28. The van der Waals surface area contributed by atoms with Gasteiger partial charge in [-0.15, -0.1) is 0 Å². The molecule has 0 heterocycles. The zero-order valence-corrected chi connectivity index (χ0v) is 16.3. The average Bonchev–Trinajstić information content (AvgIpc) is 2.76. The SMILES string of the molecule is COc1ccc2cc(C(=O)CC(c3ccccc3)C(C)(C#N)C(=O)O)ccc2c1. The molecule has 1 N–H and O–H groups in total. The van der Waals surface area contributed by atoms with Gasteiger partial charge in [-0.25, -0.2) is 0 Å². The number of benzene rings is 3. The molecule has 5 heteroatoms. The Kier molecular flexibility index (Phi) is 5.65. The van der Waals surface area contributed by atoms with E-state index in [1.807, 2.05) is 36.4 Å². The fourth-order valence-electron chi connectivity index (χ4n) is 3.44. The molecule has 0 spiro atoms. The minimum absolute atomic E-state index is 0.0813. The number of nitriles is 1. The Morgan fingerprint density at radius 2 is 1.72 bits per heavy atom. The lowest BCUT2D eigenvalue weighted by Crippen LogP contribution is -2.34. The summed E-state index contributed by atoms with van der Waals surface area (Å²) >= 11 is 0. The fourth-order valence-corrected chi connectivity index (χ4v) is 3.44. The maximum absolute atomic E-state index is 13.1. The Balaban J connectivity index is 1.97. The van der Waals surface area contributed by atoms with Gasteiger partial charge in [0, 0.05) is 17.9 Å². The number of nitrogens with zero attached hydrogens (tertiary/aromatic N) is 1. The summed E-state index contributed by atoms with van der Waals surface area (Å²) in [4.78, 5) is 24.9. The van der Waals surface area contributed by atoms with Crippen molar-refractivity contribution in [3.63, 3.8) is 0 Å². The Labute approximate surface area is 169 Å². The standard InChI is InChI=1S/C24H21NO4/c1-24(15-25,23(27)28)21(16-6-4-3-5-7-16)14-22(26)19-9-8-18-13-20(29-2)11-10-17(18)12-19/h3-13,21H,14H2,1-2H3,(H,27,28). The van der Waals surface area contributed by atoms with Crippen LogP contribution in [-0.2, 0) is 4.79 Å². The number of ketones is 1. The average molecular weight is 387 g/mol. The van der Waals surface area contributed by atoms with Crippen molar-refractivity contribution >= 4 is 22.5 Å². The van der Waals surface area contributed by atoms with Crippen LogP contribution >= 0.6 is 0 Å². The molecular weight excluding hydrogens is 366 g/mol. The number of fused-ring (bicyclic) bond motifs is 1. The van der Waals surface area contributed by atoms with Gasteiger partial charge in [0.2, 0.25) is 0 Å². The van der Waals surface area contributed by atoms with E-state index in [2.05, 4.69) is 0 Å². The number of carboxylic acid groups (broad SMARTS) is 1. The molecule has 3 aromatic rings. The van der Waals surface area contributed by atoms with Crippen molar-refractivity contribution in [1.29, 1.82) is 5.26 Å². The molecule has 2 unspecified atom stereocenters. The van der Waals surface area contributed by atoms with E-state index in [-0.39, 0.29) is 12.2 Å². The first kappa shape index (κ1) is 20.1. The minimum atomic E-state index is -1.72. The van der Waals surface area contributed by atoms with Gasteiger partial charge in [0.25, 0.3) is 0 Å². The van der Waals surface area contributed by atoms with Crippen LogP contribution in [-0.4, -0.2) is 24.0 Å². The van der Waals surface area contributed by atoms with Crippen LogP contribution < -0.4 is 4.74 Å². The smallest absolute Gasteiger partial charge is 0.324 e. The van der Waals surface area contributed by atoms with E-state index in [0.29, 0.717) is 11.1 Å². The minimum Gasteiger partial charge on any atom is -0.497 e. The molecule has 0 aliphatic rings. The summed E-state index contributed by atoms with van der Waals surface area (Å²) in [5.74, 6) is -1.50. The summed E-state index contributed by atoms with van der Waals surface area (Å²) in [5, 5.41) is 21.1. The lowest BCUT2D eigenvalue weighted by molar-refractivity contribution is -0.145. The third kappa shape index (κ3) is 3.97. The highest BCUT2D eigenvalue weighted by atomic mass is 16.5. The second kappa shape index (κ2) is 8.15. The van der Waals surface area contributed by atoms with Crippen molar-refractivity contribution < 1.29 is 19.4 Å². The van der Waals surface area contributed by atoms with Crippen LogP contribution in [0.4, 0.5) is 0 Å². The molecule has 0 aliphatic heterocycles. The van der Waals surface area contributed by atoms with Crippen molar-refractivity contribution in [1.82, 2.24) is 0 Å². The van der Waals surface area contributed by atoms with Crippen LogP contribution in [0.1, 0.15) is 35.2 Å². The number of methoxy groups -OCH3 is 1. The predicted octanol–water partition coefficient (Wildman–Crippen LogP) is 4.82. The fraction of sp³-hybridized carbons (Fsp3) is 0.208. The quantitative estimate of drug-likeness (QED) is 0.587. The van der Waals surface area contributed by atoms with Crippen LogP contribution in [0.2, 0.25) is 0 Å². The third-order valence-electron chi connectivity index (χ3n) is 5.33. The molecule has 0 bridgehead atoms. The zero-order valence-electron chi connectivity index (χ0n) is 16.3. The summed E-state index contributed by atoms with van der Waals surface area (Å²) in [6, 6.07) is 21.7. The molecule has 0 amide bonds. The van der Waals surface area contributed by atoms with Gasteiger partial charge >= 0.3 is 5.97 Å². The number of hydrogen-bond donors (Lipinski definition) is 1. The number of carbonyl (C=O) groups is 2. The van der Waals surface area contributed by atoms with E-state index in [1.54, 1.807) is 43.5 Å². The molecule has 0 fully saturated rings. The van der Waals surface area contributed by atoms with Gasteiger partial charge in [-0.3, -0.25) is 9.59 Å². The van der Waals surface area contributed by atoms with Gasteiger partial charge in [0.05, 0.1) is 13.2 Å². The summed E-state index contributed by atoms with van der Waals surface area (Å²) in [5.41, 5.74) is -0.589. The first-order valence-corrected chi connectivity index (χ1v) is 9.19. The number of ether oxygens (including phenoxy) is 1. The highest BCUT2D eigenvalue weighted by Gasteiger charge is 2.43. The van der Waals surface area contributed by atoms with E-state index < -0.39 is 17.3 Å². The second-order valence-electron chi connectivity index (χ2n) is 7.14. The van der Waals surface area contributed by atoms with Gasteiger partial charge in [-0.2, -0.15) is 5.26 Å².